The van der Waals surface area contributed by atoms with Gasteiger partial charge in [0, 0.05) is 16.8 Å². The predicted molar refractivity (Wildman–Crippen MR) is 160 cm³/mol. The van der Waals surface area contributed by atoms with Crippen LogP contribution in [-0.2, 0) is 9.31 Å². The number of rotatable bonds is 5. The zero-order valence-electron chi connectivity index (χ0n) is 22.4. The van der Waals surface area contributed by atoms with Gasteiger partial charge in [0.2, 0.25) is 0 Å². The monoisotopic (exact) mass is 497 g/mol. The first-order valence-electron chi connectivity index (χ1n) is 13.2. The van der Waals surface area contributed by atoms with Gasteiger partial charge in [-0.3, -0.25) is 0 Å². The lowest BCUT2D eigenvalue weighted by molar-refractivity contribution is 0.00578. The van der Waals surface area contributed by atoms with Crippen molar-refractivity contribution in [2.75, 3.05) is 4.90 Å². The molecule has 38 heavy (non-hydrogen) atoms. The third-order valence-electron chi connectivity index (χ3n) is 7.90. The van der Waals surface area contributed by atoms with E-state index in [2.05, 4.69) is 154 Å². The van der Waals surface area contributed by atoms with E-state index in [0.29, 0.717) is 0 Å². The van der Waals surface area contributed by atoms with Crippen molar-refractivity contribution in [1.29, 1.82) is 0 Å². The standard InChI is InChI=1S/C34H32BNO2/c1-33(2)34(3,4)38-35(37-33)28-20-22-29(23-21-28)36(32-19-11-15-26-14-8-9-18-31(26)32)30-17-10-16-27(24-30)25-12-6-5-7-13-25/h5-24H,1-4H3. The summed E-state index contributed by atoms with van der Waals surface area (Å²) in [4.78, 5) is 2.34. The lowest BCUT2D eigenvalue weighted by Crippen LogP contribution is -2.41. The van der Waals surface area contributed by atoms with Crippen LogP contribution in [0, 0.1) is 0 Å². The maximum Gasteiger partial charge on any atom is 0.494 e. The van der Waals surface area contributed by atoms with E-state index in [1.54, 1.807) is 0 Å². The van der Waals surface area contributed by atoms with Gasteiger partial charge in [0.1, 0.15) is 0 Å². The Hall–Kier alpha value is -3.86. The predicted octanol–water partition coefficient (Wildman–Crippen LogP) is 8.28. The Labute approximate surface area is 225 Å². The van der Waals surface area contributed by atoms with Crippen LogP contribution in [0.1, 0.15) is 27.7 Å². The van der Waals surface area contributed by atoms with Gasteiger partial charge in [-0.2, -0.15) is 0 Å². The minimum Gasteiger partial charge on any atom is -0.399 e. The van der Waals surface area contributed by atoms with Crippen LogP contribution in [0.5, 0.6) is 0 Å². The summed E-state index contributed by atoms with van der Waals surface area (Å²) in [6.45, 7) is 8.35. The largest absolute Gasteiger partial charge is 0.494 e. The number of nitrogens with zero attached hydrogens (tertiary/aromatic N) is 1. The van der Waals surface area contributed by atoms with E-state index < -0.39 is 0 Å². The first-order chi connectivity index (χ1) is 18.3. The van der Waals surface area contributed by atoms with Crippen LogP contribution in [0.25, 0.3) is 21.9 Å². The molecule has 5 aromatic rings. The Morgan fingerprint density at radius 2 is 1.16 bits per heavy atom. The molecule has 0 saturated carbocycles. The number of benzene rings is 5. The van der Waals surface area contributed by atoms with Gasteiger partial charge in [0.05, 0.1) is 16.9 Å². The molecule has 1 heterocycles. The molecule has 0 atom stereocenters. The van der Waals surface area contributed by atoms with E-state index in [1.807, 2.05) is 0 Å². The molecular weight excluding hydrogens is 465 g/mol. The summed E-state index contributed by atoms with van der Waals surface area (Å²) in [6.07, 6.45) is 0. The molecule has 5 aromatic carbocycles. The smallest absolute Gasteiger partial charge is 0.399 e. The third-order valence-corrected chi connectivity index (χ3v) is 7.90. The van der Waals surface area contributed by atoms with Crippen LogP contribution in [0.3, 0.4) is 0 Å². The van der Waals surface area contributed by atoms with Crippen LogP contribution in [0.4, 0.5) is 17.1 Å². The molecule has 0 amide bonds. The fraction of sp³-hybridized carbons (Fsp3) is 0.176. The summed E-state index contributed by atoms with van der Waals surface area (Å²) in [5.41, 5.74) is 5.97. The van der Waals surface area contributed by atoms with E-state index in [0.717, 1.165) is 22.5 Å². The van der Waals surface area contributed by atoms with E-state index in [1.165, 1.54) is 21.9 Å². The average molecular weight is 497 g/mol. The number of hydrogen-bond donors (Lipinski definition) is 0. The minimum absolute atomic E-state index is 0.372. The Balaban J connectivity index is 1.45. The Bertz CT molecular complexity index is 1560. The lowest BCUT2D eigenvalue weighted by Gasteiger charge is -2.32. The first kappa shape index (κ1) is 24.5. The highest BCUT2D eigenvalue weighted by Gasteiger charge is 2.51. The molecule has 0 unspecified atom stereocenters. The van der Waals surface area contributed by atoms with Gasteiger partial charge < -0.3 is 14.2 Å². The summed E-state index contributed by atoms with van der Waals surface area (Å²) >= 11 is 0. The van der Waals surface area contributed by atoms with Crippen molar-refractivity contribution in [2.24, 2.45) is 0 Å². The number of anilines is 3. The zero-order valence-corrected chi connectivity index (χ0v) is 22.4. The SMILES string of the molecule is CC1(C)OB(c2ccc(N(c3cccc(-c4ccccc4)c3)c3cccc4ccccc34)cc2)OC1(C)C. The number of hydrogen-bond acceptors (Lipinski definition) is 3. The van der Waals surface area contributed by atoms with Crippen LogP contribution in [0.2, 0.25) is 0 Å². The molecular formula is C34H32BNO2. The van der Waals surface area contributed by atoms with Crippen molar-refractivity contribution >= 4 is 40.4 Å². The van der Waals surface area contributed by atoms with Crippen LogP contribution < -0.4 is 10.4 Å². The second-order valence-corrected chi connectivity index (χ2v) is 10.9. The average Bonchev–Trinajstić information content (AvgIpc) is 3.16. The first-order valence-corrected chi connectivity index (χ1v) is 13.2. The quantitative estimate of drug-likeness (QED) is 0.228. The second-order valence-electron chi connectivity index (χ2n) is 10.9. The van der Waals surface area contributed by atoms with Gasteiger partial charge >= 0.3 is 7.12 Å². The summed E-state index contributed by atoms with van der Waals surface area (Å²) in [5, 5.41) is 2.42. The zero-order chi connectivity index (χ0) is 26.3. The van der Waals surface area contributed by atoms with E-state index in [4.69, 9.17) is 9.31 Å². The van der Waals surface area contributed by atoms with Crippen molar-refractivity contribution < 1.29 is 9.31 Å². The highest BCUT2D eigenvalue weighted by Crippen LogP contribution is 2.40. The summed E-state index contributed by atoms with van der Waals surface area (Å²) in [7, 11) is -0.388. The molecule has 0 aliphatic carbocycles. The summed E-state index contributed by atoms with van der Waals surface area (Å²) in [6, 6.07) is 42.9. The highest BCUT2D eigenvalue weighted by molar-refractivity contribution is 6.62. The molecule has 0 spiro atoms. The van der Waals surface area contributed by atoms with Crippen molar-refractivity contribution in [3.63, 3.8) is 0 Å². The molecule has 0 radical (unpaired) electrons. The fourth-order valence-electron chi connectivity index (χ4n) is 5.05. The van der Waals surface area contributed by atoms with Gasteiger partial charge in [-0.05, 0) is 80.0 Å². The molecule has 0 aromatic heterocycles. The van der Waals surface area contributed by atoms with Crippen LogP contribution in [-0.4, -0.2) is 18.3 Å². The maximum absolute atomic E-state index is 6.31. The fourth-order valence-corrected chi connectivity index (χ4v) is 5.05. The molecule has 3 nitrogen and oxygen atoms in total. The van der Waals surface area contributed by atoms with Gasteiger partial charge in [0.25, 0.3) is 0 Å². The van der Waals surface area contributed by atoms with Crippen molar-refractivity contribution in [3.05, 3.63) is 121 Å². The third kappa shape index (κ3) is 4.40. The molecule has 1 aliphatic heterocycles. The van der Waals surface area contributed by atoms with Gasteiger partial charge in [0.15, 0.2) is 0 Å². The van der Waals surface area contributed by atoms with Crippen LogP contribution >= 0.6 is 0 Å². The highest BCUT2D eigenvalue weighted by atomic mass is 16.7. The molecule has 1 fully saturated rings. The Morgan fingerprint density at radius 3 is 1.89 bits per heavy atom. The minimum atomic E-state index is -0.388. The van der Waals surface area contributed by atoms with Crippen molar-refractivity contribution in [2.45, 2.75) is 38.9 Å². The Kier molecular flexibility index (Phi) is 6.10. The van der Waals surface area contributed by atoms with Gasteiger partial charge in [-0.25, -0.2) is 0 Å². The number of fused-ring (bicyclic) bond motifs is 1. The molecule has 1 saturated heterocycles. The summed E-state index contributed by atoms with van der Waals surface area (Å²) < 4.78 is 12.6. The maximum atomic E-state index is 6.31. The van der Waals surface area contributed by atoms with Crippen molar-refractivity contribution in [3.8, 4) is 11.1 Å². The van der Waals surface area contributed by atoms with Gasteiger partial charge in [-0.1, -0.05) is 91.0 Å². The summed E-state index contributed by atoms with van der Waals surface area (Å²) in [5.74, 6) is 0. The van der Waals surface area contributed by atoms with E-state index in [-0.39, 0.29) is 18.3 Å². The van der Waals surface area contributed by atoms with E-state index >= 15 is 0 Å². The van der Waals surface area contributed by atoms with Crippen LogP contribution in [0.15, 0.2) is 121 Å². The second kappa shape index (κ2) is 9.47. The molecule has 6 rings (SSSR count). The molecule has 1 aliphatic rings. The molecule has 0 N–H and O–H groups in total. The lowest BCUT2D eigenvalue weighted by atomic mass is 9.79. The van der Waals surface area contributed by atoms with Crippen molar-refractivity contribution in [1.82, 2.24) is 0 Å². The molecule has 188 valence electrons. The van der Waals surface area contributed by atoms with Gasteiger partial charge in [-0.15, -0.1) is 0 Å². The van der Waals surface area contributed by atoms with E-state index in [9.17, 15) is 0 Å². The molecule has 4 heteroatoms. The Morgan fingerprint density at radius 1 is 0.553 bits per heavy atom. The topological polar surface area (TPSA) is 21.7 Å². The molecule has 0 bridgehead atoms. The normalized spacial score (nSPS) is 16.1.